The average Bonchev–Trinajstić information content (AvgIpc) is 2.60. The summed E-state index contributed by atoms with van der Waals surface area (Å²) in [6.07, 6.45) is -1.15. The molecule has 0 aliphatic rings. The first-order valence-corrected chi connectivity index (χ1v) is 9.85. The number of nitrogens with one attached hydrogen (secondary N) is 3. The molecule has 1 amide bonds. The number of nitrogens with zero attached hydrogens (tertiary/aromatic N) is 1. The van der Waals surface area contributed by atoms with E-state index in [2.05, 4.69) is 31.9 Å². The van der Waals surface area contributed by atoms with Gasteiger partial charge in [-0.15, -0.1) is 0 Å². The number of nitro benzene ring substituents is 1. The van der Waals surface area contributed by atoms with E-state index in [1.54, 1.807) is 24.3 Å². The van der Waals surface area contributed by atoms with Crippen molar-refractivity contribution in [3.8, 4) is 0 Å². The van der Waals surface area contributed by atoms with Crippen molar-refractivity contribution in [2.45, 2.75) is 9.96 Å². The van der Waals surface area contributed by atoms with Gasteiger partial charge in [-0.2, -0.15) is 0 Å². The molecule has 7 nitrogen and oxygen atoms in total. The van der Waals surface area contributed by atoms with Crippen LogP contribution in [0.5, 0.6) is 0 Å². The van der Waals surface area contributed by atoms with Crippen LogP contribution in [0.1, 0.15) is 10.4 Å². The van der Waals surface area contributed by atoms with E-state index in [1.807, 2.05) is 0 Å². The van der Waals surface area contributed by atoms with Gasteiger partial charge in [0.15, 0.2) is 5.11 Å². The number of anilines is 1. The molecule has 0 aromatic heterocycles. The molecule has 3 N–H and O–H groups in total. The van der Waals surface area contributed by atoms with Crippen molar-refractivity contribution < 1.29 is 9.72 Å². The number of thiocarbonyl (C=S) groups is 1. The highest BCUT2D eigenvalue weighted by atomic mass is 79.9. The molecule has 0 heterocycles. The maximum atomic E-state index is 12.4. The van der Waals surface area contributed by atoms with Crippen molar-refractivity contribution in [1.29, 1.82) is 0 Å². The molecule has 2 aromatic rings. The lowest BCUT2D eigenvalue weighted by atomic mass is 10.2. The van der Waals surface area contributed by atoms with Crippen molar-refractivity contribution in [2.24, 2.45) is 0 Å². The molecule has 2 aromatic carbocycles. The molecule has 0 radical (unpaired) electrons. The van der Waals surface area contributed by atoms with Crippen LogP contribution in [0.2, 0.25) is 0 Å². The summed E-state index contributed by atoms with van der Waals surface area (Å²) in [5, 5.41) is 18.8. The number of hydrogen-bond donors (Lipinski definition) is 3. The van der Waals surface area contributed by atoms with E-state index in [0.29, 0.717) is 15.7 Å². The van der Waals surface area contributed by atoms with Crippen molar-refractivity contribution in [1.82, 2.24) is 10.6 Å². The molecule has 0 bridgehead atoms. The minimum Gasteiger partial charge on any atom is -0.339 e. The average molecular weight is 527 g/mol. The van der Waals surface area contributed by atoms with Gasteiger partial charge in [-0.25, -0.2) is 0 Å². The number of benzene rings is 2. The summed E-state index contributed by atoms with van der Waals surface area (Å²) in [7, 11) is 0. The molecule has 0 saturated heterocycles. The number of amides is 1. The van der Waals surface area contributed by atoms with Gasteiger partial charge in [0.1, 0.15) is 6.17 Å². The van der Waals surface area contributed by atoms with Crippen LogP contribution in [0, 0.1) is 10.1 Å². The zero-order valence-corrected chi connectivity index (χ0v) is 18.5. The molecule has 148 valence electrons. The highest BCUT2D eigenvalue weighted by Gasteiger charge is 2.35. The molecule has 12 heteroatoms. The second-order valence-electron chi connectivity index (χ2n) is 5.36. The third-order valence-electron chi connectivity index (χ3n) is 3.30. The van der Waals surface area contributed by atoms with Crippen LogP contribution in [0.15, 0.2) is 53.0 Å². The van der Waals surface area contributed by atoms with E-state index >= 15 is 0 Å². The summed E-state index contributed by atoms with van der Waals surface area (Å²) in [5.41, 5.74) is 0.763. The molecule has 2 rings (SSSR count). The van der Waals surface area contributed by atoms with Gasteiger partial charge in [0.05, 0.1) is 4.92 Å². The summed E-state index contributed by atoms with van der Waals surface area (Å²) in [5.74, 6) is -0.483. The fourth-order valence-corrected chi connectivity index (χ4v) is 2.97. The number of alkyl halides is 3. The smallest absolute Gasteiger partial charge is 0.269 e. The van der Waals surface area contributed by atoms with Crippen LogP contribution in [0.25, 0.3) is 0 Å². The van der Waals surface area contributed by atoms with Gasteiger partial charge < -0.3 is 16.0 Å². The highest BCUT2D eigenvalue weighted by molar-refractivity contribution is 9.10. The molecule has 0 saturated carbocycles. The molecular weight excluding hydrogens is 515 g/mol. The van der Waals surface area contributed by atoms with Crippen LogP contribution < -0.4 is 16.0 Å². The SMILES string of the molecule is O=C(N[C@@H](NC(=S)Nc1ccc([N+](=O)[O-])cc1)C(Cl)(Cl)Cl)c1cccc(Br)c1. The number of halogens is 4. The Balaban J connectivity index is 2.06. The van der Waals surface area contributed by atoms with E-state index in [4.69, 9.17) is 47.0 Å². The first-order chi connectivity index (χ1) is 13.1. The Morgan fingerprint density at radius 1 is 1.14 bits per heavy atom. The molecule has 0 aliphatic carbocycles. The van der Waals surface area contributed by atoms with Gasteiger partial charge in [-0.05, 0) is 42.5 Å². The Labute approximate surface area is 189 Å². The number of hydrogen-bond acceptors (Lipinski definition) is 4. The maximum absolute atomic E-state index is 12.4. The van der Waals surface area contributed by atoms with E-state index in [9.17, 15) is 14.9 Å². The summed E-state index contributed by atoms with van der Waals surface area (Å²) in [6.45, 7) is 0. The number of carbonyl (C=O) groups excluding carboxylic acids is 1. The standard InChI is InChI=1S/C16H12BrCl3N4O3S/c17-10-3-1-2-9(8-10)13(25)22-14(16(18,19)20)23-15(28)21-11-4-6-12(7-5-11)24(26)27/h1-8,14H,(H,22,25)(H2,21,23,28)/t14-/m0/s1. The van der Waals surface area contributed by atoms with Gasteiger partial charge in [-0.3, -0.25) is 14.9 Å². The van der Waals surface area contributed by atoms with Crippen molar-refractivity contribution in [2.75, 3.05) is 5.32 Å². The quantitative estimate of drug-likeness (QED) is 0.171. The van der Waals surface area contributed by atoms with Gasteiger partial charge in [0.2, 0.25) is 3.79 Å². The Hall–Kier alpha value is -1.65. The fraction of sp³-hybridized carbons (Fsp3) is 0.125. The first-order valence-electron chi connectivity index (χ1n) is 7.51. The highest BCUT2D eigenvalue weighted by Crippen LogP contribution is 2.29. The summed E-state index contributed by atoms with van der Waals surface area (Å²) >= 11 is 26.3. The first kappa shape index (κ1) is 22.6. The molecular formula is C16H12BrCl3N4O3S. The fourth-order valence-electron chi connectivity index (χ4n) is 2.01. The monoisotopic (exact) mass is 524 g/mol. The Morgan fingerprint density at radius 3 is 2.32 bits per heavy atom. The van der Waals surface area contributed by atoms with Gasteiger partial charge in [-0.1, -0.05) is 56.8 Å². The van der Waals surface area contributed by atoms with Crippen molar-refractivity contribution >= 4 is 85.3 Å². The number of nitro groups is 1. The van der Waals surface area contributed by atoms with Gasteiger partial charge in [0.25, 0.3) is 11.6 Å². The zero-order valence-electron chi connectivity index (χ0n) is 13.8. The second-order valence-corrected chi connectivity index (χ2v) is 9.05. The summed E-state index contributed by atoms with van der Waals surface area (Å²) in [6, 6.07) is 12.2. The van der Waals surface area contributed by atoms with Crippen LogP contribution >= 0.6 is 63.0 Å². The van der Waals surface area contributed by atoms with Crippen LogP contribution in [0.4, 0.5) is 11.4 Å². The molecule has 0 aliphatic heterocycles. The van der Waals surface area contributed by atoms with E-state index in [-0.39, 0.29) is 10.8 Å². The summed E-state index contributed by atoms with van der Waals surface area (Å²) in [4.78, 5) is 22.6. The lowest BCUT2D eigenvalue weighted by Crippen LogP contribution is -2.56. The normalized spacial score (nSPS) is 12.0. The number of carbonyl (C=O) groups is 1. The van der Waals surface area contributed by atoms with Crippen molar-refractivity contribution in [3.05, 3.63) is 68.7 Å². The largest absolute Gasteiger partial charge is 0.339 e. The minimum atomic E-state index is -1.91. The molecule has 1 atom stereocenters. The third-order valence-corrected chi connectivity index (χ3v) is 4.67. The maximum Gasteiger partial charge on any atom is 0.269 e. The van der Waals surface area contributed by atoms with Crippen LogP contribution in [0.3, 0.4) is 0 Å². The molecule has 0 fully saturated rings. The molecule has 28 heavy (non-hydrogen) atoms. The third kappa shape index (κ3) is 6.75. The Morgan fingerprint density at radius 2 is 1.79 bits per heavy atom. The predicted molar refractivity (Wildman–Crippen MR) is 118 cm³/mol. The van der Waals surface area contributed by atoms with Crippen LogP contribution in [-0.4, -0.2) is 25.9 Å². The Kier molecular flexibility index (Phi) is 7.85. The molecule has 0 spiro atoms. The topological polar surface area (TPSA) is 96.3 Å². The lowest BCUT2D eigenvalue weighted by molar-refractivity contribution is -0.384. The minimum absolute atomic E-state index is 0.0414. The lowest BCUT2D eigenvalue weighted by Gasteiger charge is -2.27. The van der Waals surface area contributed by atoms with Crippen LogP contribution in [-0.2, 0) is 0 Å². The summed E-state index contributed by atoms with van der Waals surface area (Å²) < 4.78 is -1.20. The number of rotatable bonds is 5. The predicted octanol–water partition coefficient (Wildman–Crippen LogP) is 4.77. The van der Waals surface area contributed by atoms with E-state index in [0.717, 1.165) is 0 Å². The van der Waals surface area contributed by atoms with E-state index in [1.165, 1.54) is 24.3 Å². The van der Waals surface area contributed by atoms with E-state index < -0.39 is 20.8 Å². The Bertz CT molecular complexity index is 893. The molecule has 0 unspecified atom stereocenters. The van der Waals surface area contributed by atoms with Crippen molar-refractivity contribution in [3.63, 3.8) is 0 Å². The zero-order chi connectivity index (χ0) is 20.9. The second kappa shape index (κ2) is 9.71. The van der Waals surface area contributed by atoms with Gasteiger partial charge >= 0.3 is 0 Å². The number of non-ortho nitro benzene ring substituents is 1. The van der Waals surface area contributed by atoms with Gasteiger partial charge in [0, 0.05) is 27.9 Å².